The summed E-state index contributed by atoms with van der Waals surface area (Å²) in [6.07, 6.45) is 8.58. The van der Waals surface area contributed by atoms with Crippen LogP contribution in [0.3, 0.4) is 0 Å². The summed E-state index contributed by atoms with van der Waals surface area (Å²) < 4.78 is 0.814. The highest BCUT2D eigenvalue weighted by Gasteiger charge is 2.25. The monoisotopic (exact) mass is 570 g/mol. The number of anilines is 1. The molecule has 0 aliphatic rings. The molecule has 6 heteroatoms. The van der Waals surface area contributed by atoms with Crippen LogP contribution in [0.2, 0.25) is 5.02 Å². The van der Waals surface area contributed by atoms with Crippen molar-refractivity contribution >= 4 is 29.0 Å². The van der Waals surface area contributed by atoms with Crippen LogP contribution in [0.15, 0.2) is 36.4 Å². The smallest absolute Gasteiger partial charge is 0.238 e. The third-order valence-corrected chi connectivity index (χ3v) is 8.38. The summed E-state index contributed by atoms with van der Waals surface area (Å²) in [6.45, 7) is 15.3. The Kier molecular flexibility index (Phi) is 14.9. The SMILES string of the molecule is CCC[N+](C)(CCCCCCCCN(CC)CC(=O)Nc1c(C)cccc1C)CC(=O)Cc1c(C)cccc1Cl. The number of quaternary nitrogens is 1. The van der Waals surface area contributed by atoms with Gasteiger partial charge in [0.25, 0.3) is 0 Å². The second-order valence-corrected chi connectivity index (χ2v) is 12.2. The molecule has 0 aromatic heterocycles. The Bertz CT molecular complexity index is 1050. The van der Waals surface area contributed by atoms with Gasteiger partial charge in [-0.15, -0.1) is 0 Å². The van der Waals surface area contributed by atoms with Crippen molar-refractivity contribution in [2.45, 2.75) is 86.0 Å². The lowest BCUT2D eigenvalue weighted by molar-refractivity contribution is -0.902. The highest BCUT2D eigenvalue weighted by atomic mass is 35.5. The first-order chi connectivity index (χ1) is 19.1. The Hall–Kier alpha value is -2.21. The number of likely N-dealkylation sites (N-methyl/N-ethyl adjacent to an activating group) is 2. The molecule has 1 unspecified atom stereocenters. The van der Waals surface area contributed by atoms with Crippen molar-refractivity contribution < 1.29 is 14.1 Å². The van der Waals surface area contributed by atoms with Crippen molar-refractivity contribution in [2.75, 3.05) is 51.6 Å². The molecule has 0 saturated carbocycles. The van der Waals surface area contributed by atoms with Gasteiger partial charge in [0.2, 0.25) is 5.91 Å². The quantitative estimate of drug-likeness (QED) is 0.140. The Morgan fingerprint density at radius 1 is 0.850 bits per heavy atom. The van der Waals surface area contributed by atoms with Gasteiger partial charge in [-0.2, -0.15) is 0 Å². The molecule has 5 nitrogen and oxygen atoms in total. The van der Waals surface area contributed by atoms with Crippen LogP contribution in [0.25, 0.3) is 0 Å². The summed E-state index contributed by atoms with van der Waals surface area (Å²) in [5, 5.41) is 3.80. The molecular formula is C34H53ClN3O2+. The minimum Gasteiger partial charge on any atom is -0.324 e. The van der Waals surface area contributed by atoms with E-state index in [0.29, 0.717) is 24.5 Å². The minimum absolute atomic E-state index is 0.0629. The first-order valence-electron chi connectivity index (χ1n) is 15.3. The van der Waals surface area contributed by atoms with E-state index < -0.39 is 0 Å². The zero-order chi connectivity index (χ0) is 29.5. The number of carbonyl (C=O) groups excluding carboxylic acids is 2. The third kappa shape index (κ3) is 11.7. The van der Waals surface area contributed by atoms with Gasteiger partial charge >= 0.3 is 0 Å². The van der Waals surface area contributed by atoms with Gasteiger partial charge in [-0.3, -0.25) is 14.5 Å². The number of hydrogen-bond acceptors (Lipinski definition) is 3. The zero-order valence-corrected chi connectivity index (χ0v) is 26.7. The van der Waals surface area contributed by atoms with Crippen LogP contribution >= 0.6 is 11.6 Å². The number of amides is 1. The lowest BCUT2D eigenvalue weighted by Crippen LogP contribution is -2.49. The largest absolute Gasteiger partial charge is 0.324 e. The first kappa shape index (κ1) is 34.0. The van der Waals surface area contributed by atoms with E-state index in [9.17, 15) is 9.59 Å². The Labute approximate surface area is 248 Å². The van der Waals surface area contributed by atoms with Crippen LogP contribution < -0.4 is 5.32 Å². The number of benzene rings is 2. The molecule has 0 spiro atoms. The van der Waals surface area contributed by atoms with Crippen LogP contribution in [0, 0.1) is 20.8 Å². The Morgan fingerprint density at radius 2 is 1.45 bits per heavy atom. The summed E-state index contributed by atoms with van der Waals surface area (Å²) in [5.74, 6) is 0.336. The molecule has 0 bridgehead atoms. The standard InChI is InChI=1S/C34H52ClN3O2/c1-7-22-38(6,26-30(39)24-31-27(3)17-16-20-32(31)35)23-14-12-10-9-11-13-21-37(8-2)25-33(40)36-34-28(4)18-15-19-29(34)5/h15-20H,7-14,21-26H2,1-6H3/p+1. The van der Waals surface area contributed by atoms with E-state index in [4.69, 9.17) is 11.6 Å². The maximum atomic E-state index is 13.0. The average molecular weight is 571 g/mol. The first-order valence-corrected chi connectivity index (χ1v) is 15.6. The van der Waals surface area contributed by atoms with Gasteiger partial charge < -0.3 is 9.80 Å². The maximum absolute atomic E-state index is 13.0. The second kappa shape index (κ2) is 17.6. The summed E-state index contributed by atoms with van der Waals surface area (Å²) in [4.78, 5) is 27.8. The highest BCUT2D eigenvalue weighted by molar-refractivity contribution is 6.31. The molecule has 2 aromatic carbocycles. The fraction of sp³-hybridized carbons (Fsp3) is 0.588. The number of nitrogens with one attached hydrogen (secondary N) is 1. The minimum atomic E-state index is 0.0629. The van der Waals surface area contributed by atoms with E-state index in [1.54, 1.807) is 0 Å². The van der Waals surface area contributed by atoms with E-state index in [1.807, 2.05) is 57.2 Å². The van der Waals surface area contributed by atoms with Gasteiger partial charge in [0, 0.05) is 17.1 Å². The van der Waals surface area contributed by atoms with E-state index in [0.717, 1.165) is 77.9 Å². The topological polar surface area (TPSA) is 49.4 Å². The molecule has 0 aliphatic carbocycles. The molecular weight excluding hydrogens is 518 g/mol. The van der Waals surface area contributed by atoms with Gasteiger partial charge in [-0.05, 0) is 87.9 Å². The van der Waals surface area contributed by atoms with Crippen LogP contribution in [-0.2, 0) is 16.0 Å². The molecule has 0 heterocycles. The number of hydrogen-bond donors (Lipinski definition) is 1. The Balaban J connectivity index is 1.66. The molecule has 1 atom stereocenters. The van der Waals surface area contributed by atoms with Crippen LogP contribution in [-0.4, -0.2) is 67.4 Å². The van der Waals surface area contributed by atoms with Crippen LogP contribution in [0.1, 0.15) is 81.0 Å². The van der Waals surface area contributed by atoms with Gasteiger partial charge in [0.15, 0.2) is 5.78 Å². The lowest BCUT2D eigenvalue weighted by Gasteiger charge is -2.34. The number of aryl methyl sites for hydroxylation is 3. The van der Waals surface area contributed by atoms with Crippen molar-refractivity contribution in [3.05, 3.63) is 63.7 Å². The normalized spacial score (nSPS) is 12.9. The molecule has 40 heavy (non-hydrogen) atoms. The van der Waals surface area contributed by atoms with E-state index in [-0.39, 0.29) is 11.7 Å². The van der Waals surface area contributed by atoms with Crippen molar-refractivity contribution in [2.24, 2.45) is 0 Å². The number of halogens is 1. The van der Waals surface area contributed by atoms with Crippen LogP contribution in [0.4, 0.5) is 5.69 Å². The van der Waals surface area contributed by atoms with Crippen LogP contribution in [0.5, 0.6) is 0 Å². The molecule has 0 fully saturated rings. The predicted octanol–water partition coefficient (Wildman–Crippen LogP) is 7.53. The van der Waals surface area contributed by atoms with Gasteiger partial charge in [0.1, 0.15) is 6.54 Å². The molecule has 0 radical (unpaired) electrons. The number of Topliss-reactive ketones (excluding diaryl/α,β-unsaturated/α-hetero) is 1. The third-order valence-electron chi connectivity index (χ3n) is 8.03. The van der Waals surface area contributed by atoms with Crippen molar-refractivity contribution in [1.29, 1.82) is 0 Å². The molecule has 2 aromatic rings. The number of carbonyl (C=O) groups is 2. The summed E-state index contributed by atoms with van der Waals surface area (Å²) in [7, 11) is 2.23. The lowest BCUT2D eigenvalue weighted by atomic mass is 10.0. The van der Waals surface area contributed by atoms with Gasteiger partial charge in [0.05, 0.1) is 26.7 Å². The fourth-order valence-corrected chi connectivity index (χ4v) is 5.95. The van der Waals surface area contributed by atoms with Gasteiger partial charge in [-0.1, -0.05) is 75.0 Å². The van der Waals surface area contributed by atoms with Crippen molar-refractivity contribution in [3.63, 3.8) is 0 Å². The average Bonchev–Trinajstić information content (AvgIpc) is 2.89. The number of unbranched alkanes of at least 4 members (excludes halogenated alkanes) is 5. The predicted molar refractivity (Wildman–Crippen MR) is 170 cm³/mol. The van der Waals surface area contributed by atoms with Crippen molar-refractivity contribution in [3.8, 4) is 0 Å². The molecule has 0 aliphatic heterocycles. The van der Waals surface area contributed by atoms with E-state index in [2.05, 4.69) is 31.1 Å². The Morgan fingerprint density at radius 3 is 2.08 bits per heavy atom. The molecule has 1 amide bonds. The number of ketones is 1. The number of para-hydroxylation sites is 1. The molecule has 222 valence electrons. The molecule has 2 rings (SSSR count). The number of nitrogens with zero attached hydrogens (tertiary/aromatic N) is 2. The molecule has 0 saturated heterocycles. The zero-order valence-electron chi connectivity index (χ0n) is 26.0. The second-order valence-electron chi connectivity index (χ2n) is 11.8. The van der Waals surface area contributed by atoms with E-state index >= 15 is 0 Å². The summed E-state index contributed by atoms with van der Waals surface area (Å²) in [5.41, 5.74) is 5.21. The van der Waals surface area contributed by atoms with Crippen molar-refractivity contribution in [1.82, 2.24) is 4.90 Å². The maximum Gasteiger partial charge on any atom is 0.238 e. The van der Waals surface area contributed by atoms with E-state index in [1.165, 1.54) is 25.7 Å². The summed E-state index contributed by atoms with van der Waals surface area (Å²) in [6, 6.07) is 11.9. The van der Waals surface area contributed by atoms with Gasteiger partial charge in [-0.25, -0.2) is 0 Å². The number of rotatable bonds is 19. The fourth-order valence-electron chi connectivity index (χ4n) is 5.66. The molecule has 1 N–H and O–H groups in total. The summed E-state index contributed by atoms with van der Waals surface area (Å²) >= 11 is 6.37. The highest BCUT2D eigenvalue weighted by Crippen LogP contribution is 2.22.